The summed E-state index contributed by atoms with van der Waals surface area (Å²) in [6, 6.07) is 30.0. The van der Waals surface area contributed by atoms with Crippen LogP contribution in [0.1, 0.15) is 22.3 Å². The highest BCUT2D eigenvalue weighted by atomic mass is 35.5. The molecule has 0 aliphatic carbocycles. The van der Waals surface area contributed by atoms with Crippen LogP contribution >= 0.6 is 11.6 Å². The lowest BCUT2D eigenvalue weighted by atomic mass is 10.0. The van der Waals surface area contributed by atoms with Gasteiger partial charge in [0.25, 0.3) is 0 Å². The van der Waals surface area contributed by atoms with Gasteiger partial charge in [-0.05, 0) is 74.0 Å². The van der Waals surface area contributed by atoms with E-state index in [9.17, 15) is 13.2 Å². The Morgan fingerprint density at radius 2 is 1.36 bits per heavy atom. The lowest BCUT2D eigenvalue weighted by Crippen LogP contribution is -2.08. The molecule has 8 heteroatoms. The fraction of sp³-hybridized carbons (Fsp3) is 0.118. The highest BCUT2D eigenvalue weighted by Gasteiger charge is 2.36. The molecule has 6 aromatic rings. The number of halogens is 4. The summed E-state index contributed by atoms with van der Waals surface area (Å²) < 4.78 is 51.4. The van der Waals surface area contributed by atoms with Gasteiger partial charge >= 0.3 is 6.18 Å². The molecule has 0 bridgehead atoms. The number of hydrogen-bond acceptors (Lipinski definition) is 3. The van der Waals surface area contributed by atoms with Crippen LogP contribution in [0.4, 0.5) is 13.2 Å². The molecule has 0 fully saturated rings. The number of pyridine rings is 1. The zero-order valence-electron chi connectivity index (χ0n) is 22.8. The second-order valence-electron chi connectivity index (χ2n) is 10.2. The van der Waals surface area contributed by atoms with Crippen LogP contribution in [0.2, 0.25) is 5.02 Å². The van der Waals surface area contributed by atoms with Crippen LogP contribution in [0.3, 0.4) is 0 Å². The molecule has 0 saturated heterocycles. The molecule has 2 aromatic heterocycles. The van der Waals surface area contributed by atoms with Crippen LogP contribution in [0, 0.1) is 13.8 Å². The molecule has 0 amide bonds. The molecule has 0 aliphatic heterocycles. The van der Waals surface area contributed by atoms with Gasteiger partial charge in [-0.25, -0.2) is 9.67 Å². The van der Waals surface area contributed by atoms with Crippen molar-refractivity contribution < 1.29 is 17.9 Å². The van der Waals surface area contributed by atoms with E-state index in [1.54, 1.807) is 48.5 Å². The van der Waals surface area contributed by atoms with Crippen molar-refractivity contribution in [1.82, 2.24) is 14.8 Å². The zero-order valence-corrected chi connectivity index (χ0v) is 23.5. The fourth-order valence-corrected chi connectivity index (χ4v) is 4.86. The molecule has 0 spiro atoms. The fourth-order valence-electron chi connectivity index (χ4n) is 4.74. The summed E-state index contributed by atoms with van der Waals surface area (Å²) in [6.07, 6.45) is -4.66. The maximum Gasteiger partial charge on any atom is 0.417 e. The summed E-state index contributed by atoms with van der Waals surface area (Å²) in [5.74, 6) is 0.603. The van der Waals surface area contributed by atoms with Crippen molar-refractivity contribution >= 4 is 22.6 Å². The van der Waals surface area contributed by atoms with E-state index in [2.05, 4.69) is 5.10 Å². The molecule has 0 saturated carbocycles. The van der Waals surface area contributed by atoms with Crippen molar-refractivity contribution in [2.75, 3.05) is 0 Å². The van der Waals surface area contributed by atoms with E-state index in [0.29, 0.717) is 34.2 Å². The second-order valence-corrected chi connectivity index (χ2v) is 10.6. The minimum Gasteiger partial charge on any atom is -0.489 e. The molecule has 210 valence electrons. The van der Waals surface area contributed by atoms with Gasteiger partial charge in [0, 0.05) is 16.1 Å². The van der Waals surface area contributed by atoms with Gasteiger partial charge in [0.1, 0.15) is 18.1 Å². The largest absolute Gasteiger partial charge is 0.489 e. The number of rotatable bonds is 6. The molecule has 4 aromatic carbocycles. The summed E-state index contributed by atoms with van der Waals surface area (Å²) in [7, 11) is 0. The van der Waals surface area contributed by atoms with Gasteiger partial charge in [0.15, 0.2) is 5.65 Å². The van der Waals surface area contributed by atoms with Crippen molar-refractivity contribution in [1.29, 1.82) is 0 Å². The zero-order chi connectivity index (χ0) is 29.4. The van der Waals surface area contributed by atoms with E-state index in [-0.39, 0.29) is 22.4 Å². The minimum atomic E-state index is -4.66. The average molecular weight is 584 g/mol. The van der Waals surface area contributed by atoms with Gasteiger partial charge in [-0.1, -0.05) is 71.3 Å². The maximum absolute atomic E-state index is 14.7. The van der Waals surface area contributed by atoms with E-state index < -0.39 is 11.7 Å². The second kappa shape index (κ2) is 11.0. The molecule has 0 radical (unpaired) electrons. The molecule has 2 heterocycles. The number of nitrogens with zero attached hydrogens (tertiary/aromatic N) is 3. The van der Waals surface area contributed by atoms with Crippen LogP contribution in [0.15, 0.2) is 103 Å². The summed E-state index contributed by atoms with van der Waals surface area (Å²) in [6.45, 7) is 4.34. The summed E-state index contributed by atoms with van der Waals surface area (Å²) in [4.78, 5) is 4.75. The normalized spacial score (nSPS) is 11.7. The van der Waals surface area contributed by atoms with Gasteiger partial charge in [-0.15, -0.1) is 0 Å². The Morgan fingerprint density at radius 1 is 0.762 bits per heavy atom. The standard InChI is InChI=1S/C34H25ClF3N3O/c1-21-3-7-23(8-4-21)20-42-28-17-11-24(12-18-28)30-19-29(34(36,37)38)31-32(25-9-13-26(35)14-10-25)40-41(33(31)39-30)27-15-5-22(2)6-16-27/h3-19H,20H2,1-2H3. The van der Waals surface area contributed by atoms with Crippen molar-refractivity contribution in [2.24, 2.45) is 0 Å². The Labute approximate surface area is 246 Å². The predicted molar refractivity (Wildman–Crippen MR) is 160 cm³/mol. The van der Waals surface area contributed by atoms with Crippen molar-refractivity contribution in [3.05, 3.63) is 130 Å². The SMILES string of the molecule is Cc1ccc(COc2ccc(-c3cc(C(F)(F)F)c4c(-c5ccc(Cl)cc5)nn(-c5ccc(C)cc5)c4n3)cc2)cc1. The summed E-state index contributed by atoms with van der Waals surface area (Å²) in [5, 5.41) is 5.06. The minimum absolute atomic E-state index is 0.0767. The lowest BCUT2D eigenvalue weighted by molar-refractivity contribution is -0.136. The topological polar surface area (TPSA) is 39.9 Å². The maximum atomic E-state index is 14.7. The Hall–Kier alpha value is -4.62. The highest BCUT2D eigenvalue weighted by molar-refractivity contribution is 6.30. The van der Waals surface area contributed by atoms with Crippen LogP contribution in [-0.4, -0.2) is 14.8 Å². The van der Waals surface area contributed by atoms with Crippen molar-refractivity contribution in [2.45, 2.75) is 26.6 Å². The first kappa shape index (κ1) is 27.5. The Bertz CT molecular complexity index is 1860. The van der Waals surface area contributed by atoms with Crippen LogP contribution in [0.25, 0.3) is 39.2 Å². The predicted octanol–water partition coefficient (Wildman–Crippen LogP) is 9.62. The molecule has 0 N–H and O–H groups in total. The molecular formula is C34H25ClF3N3O. The Morgan fingerprint density at radius 3 is 1.98 bits per heavy atom. The van der Waals surface area contributed by atoms with E-state index >= 15 is 0 Å². The lowest BCUT2D eigenvalue weighted by Gasteiger charge is -2.13. The number of alkyl halides is 3. The molecular weight excluding hydrogens is 559 g/mol. The Kier molecular flexibility index (Phi) is 7.21. The molecule has 42 heavy (non-hydrogen) atoms. The molecule has 6 rings (SSSR count). The van der Waals surface area contributed by atoms with E-state index in [1.165, 1.54) is 4.68 Å². The molecule has 0 atom stereocenters. The van der Waals surface area contributed by atoms with E-state index in [4.69, 9.17) is 21.3 Å². The number of aryl methyl sites for hydroxylation is 2. The molecule has 0 unspecified atom stereocenters. The van der Waals surface area contributed by atoms with Crippen molar-refractivity contribution in [3.8, 4) is 34.0 Å². The number of hydrogen-bond donors (Lipinski definition) is 0. The molecule has 0 aliphatic rings. The number of benzene rings is 4. The quantitative estimate of drug-likeness (QED) is 0.196. The third-order valence-electron chi connectivity index (χ3n) is 7.02. The number of ether oxygens (including phenoxy) is 1. The van der Waals surface area contributed by atoms with Crippen LogP contribution in [-0.2, 0) is 12.8 Å². The first-order valence-electron chi connectivity index (χ1n) is 13.3. The highest BCUT2D eigenvalue weighted by Crippen LogP contribution is 2.42. The van der Waals surface area contributed by atoms with Gasteiger partial charge in [0.05, 0.1) is 22.3 Å². The van der Waals surface area contributed by atoms with Gasteiger partial charge in [-0.3, -0.25) is 0 Å². The van der Waals surface area contributed by atoms with E-state index in [0.717, 1.165) is 22.8 Å². The number of fused-ring (bicyclic) bond motifs is 1. The third kappa shape index (κ3) is 5.60. The summed E-state index contributed by atoms with van der Waals surface area (Å²) >= 11 is 6.07. The average Bonchev–Trinajstić information content (AvgIpc) is 3.36. The Balaban J connectivity index is 1.47. The molecule has 4 nitrogen and oxygen atoms in total. The van der Waals surface area contributed by atoms with Gasteiger partial charge in [-0.2, -0.15) is 18.3 Å². The first-order valence-corrected chi connectivity index (χ1v) is 13.7. The number of aromatic nitrogens is 3. The van der Waals surface area contributed by atoms with E-state index in [1.807, 2.05) is 62.4 Å². The van der Waals surface area contributed by atoms with Gasteiger partial charge < -0.3 is 4.74 Å². The van der Waals surface area contributed by atoms with Crippen molar-refractivity contribution in [3.63, 3.8) is 0 Å². The van der Waals surface area contributed by atoms with Crippen LogP contribution in [0.5, 0.6) is 5.75 Å². The first-order chi connectivity index (χ1) is 20.2. The smallest absolute Gasteiger partial charge is 0.417 e. The monoisotopic (exact) mass is 583 g/mol. The third-order valence-corrected chi connectivity index (χ3v) is 7.27. The summed E-state index contributed by atoms with van der Waals surface area (Å²) in [5.41, 5.74) is 4.47. The van der Waals surface area contributed by atoms with Gasteiger partial charge in [0.2, 0.25) is 0 Å². The van der Waals surface area contributed by atoms with Crippen LogP contribution < -0.4 is 4.74 Å².